The standard InChI is InChI=1S/C23H28FN5S/c1-16-7-11-28(12-8-16)21-13-27-22(14-26-21)30-20-4-2-3-19-23(20)18(24)15-29(19)17-5-9-25-10-6-17/h2-4,13-17,25H,5-12H2,1H3/i16D. The molecule has 0 amide bonds. The molecule has 2 fully saturated rings. The number of rotatable bonds is 4. The third-order valence-corrected chi connectivity index (χ3v) is 7.23. The predicted octanol–water partition coefficient (Wildman–Crippen LogP) is 4.88. The third-order valence-electron chi connectivity index (χ3n) is 6.25. The van der Waals surface area contributed by atoms with Crippen LogP contribution < -0.4 is 10.2 Å². The summed E-state index contributed by atoms with van der Waals surface area (Å²) in [5.41, 5.74) is 0.950. The van der Waals surface area contributed by atoms with E-state index in [0.717, 1.165) is 73.1 Å². The fraction of sp³-hybridized carbons (Fsp3) is 0.478. The Labute approximate surface area is 182 Å². The zero-order valence-electron chi connectivity index (χ0n) is 18.3. The number of hydrogen-bond donors (Lipinski definition) is 1. The summed E-state index contributed by atoms with van der Waals surface area (Å²) in [6.07, 6.45) is 8.93. The van der Waals surface area contributed by atoms with Crippen molar-refractivity contribution in [2.24, 2.45) is 5.89 Å². The van der Waals surface area contributed by atoms with Crippen molar-refractivity contribution in [3.8, 4) is 0 Å². The maximum atomic E-state index is 15.0. The zero-order valence-corrected chi connectivity index (χ0v) is 18.1. The van der Waals surface area contributed by atoms with Crippen molar-refractivity contribution >= 4 is 28.5 Å². The summed E-state index contributed by atoms with van der Waals surface area (Å²) >= 11 is 1.46. The molecule has 7 heteroatoms. The smallest absolute Gasteiger partial charge is 0.149 e. The number of nitrogens with zero attached hydrogens (tertiary/aromatic N) is 4. The molecule has 0 radical (unpaired) electrons. The van der Waals surface area contributed by atoms with Gasteiger partial charge in [-0.05, 0) is 56.8 Å². The summed E-state index contributed by atoms with van der Waals surface area (Å²) in [5, 5.41) is 4.80. The molecule has 0 saturated carbocycles. The van der Waals surface area contributed by atoms with E-state index in [-0.39, 0.29) is 11.7 Å². The number of piperidine rings is 2. The van der Waals surface area contributed by atoms with Gasteiger partial charge < -0.3 is 14.8 Å². The van der Waals surface area contributed by atoms with Crippen molar-refractivity contribution in [3.63, 3.8) is 0 Å². The Balaban J connectivity index is 1.36. The monoisotopic (exact) mass is 426 g/mol. The van der Waals surface area contributed by atoms with Crippen LogP contribution in [0.3, 0.4) is 0 Å². The van der Waals surface area contributed by atoms with Crippen LogP contribution in [-0.2, 0) is 0 Å². The molecule has 2 saturated heterocycles. The summed E-state index contributed by atoms with van der Waals surface area (Å²) in [5.74, 6) is 0.335. The SMILES string of the molecule is [2H]C1(C)CCN(c2cnc(Sc3cccc4c3c(F)cn4C3CCNCC3)cn2)CC1. The van der Waals surface area contributed by atoms with E-state index in [1.165, 1.54) is 11.8 Å². The molecule has 0 aliphatic carbocycles. The lowest BCUT2D eigenvalue weighted by molar-refractivity contribution is 0.374. The van der Waals surface area contributed by atoms with Gasteiger partial charge >= 0.3 is 0 Å². The Hall–Kier alpha value is -2.12. The van der Waals surface area contributed by atoms with E-state index in [1.54, 1.807) is 18.6 Å². The minimum absolute atomic E-state index is 0.173. The van der Waals surface area contributed by atoms with Gasteiger partial charge in [0.05, 0.1) is 17.9 Å². The highest BCUT2D eigenvalue weighted by molar-refractivity contribution is 7.99. The maximum Gasteiger partial charge on any atom is 0.149 e. The average molecular weight is 427 g/mol. The highest BCUT2D eigenvalue weighted by Gasteiger charge is 2.21. The van der Waals surface area contributed by atoms with Crippen LogP contribution in [0.15, 0.2) is 46.7 Å². The molecule has 0 unspecified atom stereocenters. The lowest BCUT2D eigenvalue weighted by atomic mass is 9.99. The van der Waals surface area contributed by atoms with E-state index >= 15 is 0 Å². The van der Waals surface area contributed by atoms with Crippen LogP contribution in [0.5, 0.6) is 0 Å². The number of halogens is 1. The first-order chi connectivity index (χ1) is 15.0. The molecular formula is C23H28FN5S. The van der Waals surface area contributed by atoms with Crippen LogP contribution in [0, 0.1) is 11.7 Å². The first-order valence-electron chi connectivity index (χ1n) is 11.2. The van der Waals surface area contributed by atoms with Crippen molar-refractivity contribution in [1.82, 2.24) is 19.9 Å². The molecule has 5 rings (SSSR count). The summed E-state index contributed by atoms with van der Waals surface area (Å²) in [6, 6.07) is 6.30. The zero-order chi connectivity index (χ0) is 21.4. The molecule has 1 N–H and O–H groups in total. The lowest BCUT2D eigenvalue weighted by Gasteiger charge is -2.30. The molecule has 5 nitrogen and oxygen atoms in total. The highest BCUT2D eigenvalue weighted by atomic mass is 32.2. The van der Waals surface area contributed by atoms with Crippen LogP contribution in [0.2, 0.25) is 0 Å². The molecule has 2 aliphatic rings. The van der Waals surface area contributed by atoms with Crippen molar-refractivity contribution in [2.45, 2.75) is 48.6 Å². The van der Waals surface area contributed by atoms with Crippen LogP contribution >= 0.6 is 11.8 Å². The van der Waals surface area contributed by atoms with Gasteiger partial charge in [-0.1, -0.05) is 24.8 Å². The predicted molar refractivity (Wildman–Crippen MR) is 120 cm³/mol. The van der Waals surface area contributed by atoms with Gasteiger partial charge in [0.15, 0.2) is 0 Å². The minimum atomic E-state index is -0.340. The topological polar surface area (TPSA) is 46.0 Å². The molecule has 3 aromatic rings. The van der Waals surface area contributed by atoms with Crippen LogP contribution in [0.1, 0.15) is 40.0 Å². The largest absolute Gasteiger partial charge is 0.355 e. The van der Waals surface area contributed by atoms with Crippen LogP contribution in [0.4, 0.5) is 10.2 Å². The number of anilines is 1. The number of aromatic nitrogens is 3. The normalized spacial score (nSPS) is 20.5. The molecule has 2 aliphatic heterocycles. The minimum Gasteiger partial charge on any atom is -0.355 e. The van der Waals surface area contributed by atoms with E-state index in [9.17, 15) is 4.39 Å². The first kappa shape index (κ1) is 18.6. The summed E-state index contributed by atoms with van der Waals surface area (Å²) in [7, 11) is 0. The lowest BCUT2D eigenvalue weighted by Crippen LogP contribution is -2.33. The van der Waals surface area contributed by atoms with Gasteiger partial charge in [0, 0.05) is 37.0 Å². The van der Waals surface area contributed by atoms with Crippen molar-refractivity contribution in [3.05, 3.63) is 42.6 Å². The molecule has 2 aromatic heterocycles. The van der Waals surface area contributed by atoms with Gasteiger partial charge in [0.25, 0.3) is 0 Å². The maximum absolute atomic E-state index is 15.0. The first-order valence-corrected chi connectivity index (χ1v) is 11.6. The molecule has 1 aromatic carbocycles. The van der Waals surface area contributed by atoms with E-state index in [1.807, 2.05) is 25.1 Å². The Morgan fingerprint density at radius 1 is 1.13 bits per heavy atom. The van der Waals surface area contributed by atoms with E-state index in [0.29, 0.717) is 11.4 Å². The summed E-state index contributed by atoms with van der Waals surface area (Å²) in [6.45, 7) is 5.60. The number of fused-ring (bicyclic) bond motifs is 1. The molecule has 158 valence electrons. The number of nitrogens with one attached hydrogen (secondary N) is 1. The average Bonchev–Trinajstić information content (AvgIpc) is 3.13. The van der Waals surface area contributed by atoms with E-state index in [2.05, 4.69) is 24.8 Å². The second-order valence-electron chi connectivity index (χ2n) is 8.27. The Morgan fingerprint density at radius 3 is 2.67 bits per heavy atom. The third kappa shape index (κ3) is 3.93. The number of hydrogen-bond acceptors (Lipinski definition) is 5. The summed E-state index contributed by atoms with van der Waals surface area (Å²) < 4.78 is 25.3. The Kier molecular flexibility index (Phi) is 5.31. The molecule has 30 heavy (non-hydrogen) atoms. The fourth-order valence-electron chi connectivity index (χ4n) is 4.46. The van der Waals surface area contributed by atoms with Gasteiger partial charge in [0.1, 0.15) is 16.7 Å². The summed E-state index contributed by atoms with van der Waals surface area (Å²) in [4.78, 5) is 12.3. The molecular weight excluding hydrogens is 397 g/mol. The Morgan fingerprint density at radius 2 is 1.93 bits per heavy atom. The Bertz CT molecular complexity index is 1050. The number of benzene rings is 1. The van der Waals surface area contributed by atoms with Gasteiger partial charge in [0.2, 0.25) is 0 Å². The van der Waals surface area contributed by atoms with E-state index < -0.39 is 0 Å². The molecule has 4 heterocycles. The van der Waals surface area contributed by atoms with Gasteiger partial charge in [-0.2, -0.15) is 0 Å². The van der Waals surface area contributed by atoms with Crippen LogP contribution in [-0.4, -0.2) is 40.7 Å². The molecule has 0 spiro atoms. The second kappa shape index (κ2) is 8.55. The van der Waals surface area contributed by atoms with Gasteiger partial charge in [-0.25, -0.2) is 14.4 Å². The molecule has 0 bridgehead atoms. The van der Waals surface area contributed by atoms with Crippen molar-refractivity contribution < 1.29 is 5.76 Å². The highest BCUT2D eigenvalue weighted by Crippen LogP contribution is 2.37. The second-order valence-corrected chi connectivity index (χ2v) is 9.34. The van der Waals surface area contributed by atoms with E-state index in [4.69, 9.17) is 1.37 Å². The fourth-order valence-corrected chi connectivity index (χ4v) is 5.35. The quantitative estimate of drug-likeness (QED) is 0.644. The molecule has 0 atom stereocenters. The van der Waals surface area contributed by atoms with Crippen LogP contribution in [0.25, 0.3) is 10.9 Å². The van der Waals surface area contributed by atoms with Gasteiger partial charge in [-0.3, -0.25) is 0 Å². The van der Waals surface area contributed by atoms with Gasteiger partial charge in [-0.15, -0.1) is 0 Å². The van der Waals surface area contributed by atoms with Crippen molar-refractivity contribution in [1.29, 1.82) is 0 Å². The van der Waals surface area contributed by atoms with Crippen molar-refractivity contribution in [2.75, 3.05) is 31.1 Å².